The van der Waals surface area contributed by atoms with Crippen LogP contribution in [-0.2, 0) is 4.79 Å². The molecule has 2 amide bonds. The summed E-state index contributed by atoms with van der Waals surface area (Å²) in [5.74, 6) is -0.544. The summed E-state index contributed by atoms with van der Waals surface area (Å²) in [5, 5.41) is 0. The van der Waals surface area contributed by atoms with Crippen LogP contribution in [0.5, 0.6) is 5.75 Å². The molecule has 1 aliphatic heterocycles. The Morgan fingerprint density at radius 1 is 1.29 bits per heavy atom. The molecule has 1 saturated heterocycles. The van der Waals surface area contributed by atoms with Crippen LogP contribution in [0, 0.1) is 16.7 Å². The quantitative estimate of drug-likeness (QED) is 0.915. The maximum absolute atomic E-state index is 12.7. The molecule has 0 unspecified atom stereocenters. The van der Waals surface area contributed by atoms with E-state index >= 15 is 0 Å². The summed E-state index contributed by atoms with van der Waals surface area (Å²) in [6.45, 7) is 2.03. The van der Waals surface area contributed by atoms with E-state index < -0.39 is 12.0 Å². The number of carbonyl (C=O) groups excluding carboxylic acids is 2. The summed E-state index contributed by atoms with van der Waals surface area (Å²) < 4.78 is 28.6. The third-order valence-corrected chi connectivity index (χ3v) is 5.36. The number of halogens is 2. The number of likely N-dealkylation sites (tertiary alicyclic amines) is 1. The summed E-state index contributed by atoms with van der Waals surface area (Å²) in [6, 6.07) is 5.56. The van der Waals surface area contributed by atoms with Gasteiger partial charge in [0.15, 0.2) is 0 Å². The first-order chi connectivity index (χ1) is 11.2. The number of ether oxygens (including phenoxy) is 1. The van der Waals surface area contributed by atoms with Crippen molar-refractivity contribution in [2.45, 2.75) is 26.9 Å². The summed E-state index contributed by atoms with van der Waals surface area (Å²) in [6.07, 6.45) is 0.672. The fraction of sp³-hybridized carbons (Fsp3) is 0.529. The molecular formula is C17H20F2N2O3. The summed E-state index contributed by atoms with van der Waals surface area (Å²) in [4.78, 5) is 26.2. The minimum atomic E-state index is -2.90. The molecule has 7 heteroatoms. The van der Waals surface area contributed by atoms with Crippen molar-refractivity contribution >= 4 is 11.8 Å². The van der Waals surface area contributed by atoms with Gasteiger partial charge in [-0.05, 0) is 42.0 Å². The van der Waals surface area contributed by atoms with E-state index in [4.69, 9.17) is 5.73 Å². The van der Waals surface area contributed by atoms with Gasteiger partial charge in [-0.15, -0.1) is 0 Å². The van der Waals surface area contributed by atoms with Gasteiger partial charge >= 0.3 is 6.61 Å². The first kappa shape index (κ1) is 16.7. The molecule has 1 aromatic carbocycles. The SMILES string of the molecule is CC1(C)C[C@]2(C(N)=O)CN(C(=O)c3ccc(OC(F)F)cc3)C[C@H]12. The molecule has 1 saturated carbocycles. The molecule has 0 spiro atoms. The lowest BCUT2D eigenvalue weighted by Crippen LogP contribution is -2.59. The van der Waals surface area contributed by atoms with Gasteiger partial charge in [-0.2, -0.15) is 8.78 Å². The van der Waals surface area contributed by atoms with Gasteiger partial charge in [-0.1, -0.05) is 13.8 Å². The summed E-state index contributed by atoms with van der Waals surface area (Å²) >= 11 is 0. The molecular weight excluding hydrogens is 318 g/mol. The number of primary amides is 1. The van der Waals surface area contributed by atoms with Crippen LogP contribution >= 0.6 is 0 Å². The molecule has 3 rings (SSSR count). The third-order valence-electron chi connectivity index (χ3n) is 5.36. The number of amides is 2. The van der Waals surface area contributed by atoms with Gasteiger partial charge in [0, 0.05) is 18.7 Å². The first-order valence-corrected chi connectivity index (χ1v) is 7.80. The van der Waals surface area contributed by atoms with Crippen LogP contribution in [0.3, 0.4) is 0 Å². The first-order valence-electron chi connectivity index (χ1n) is 7.80. The van der Waals surface area contributed by atoms with E-state index in [1.165, 1.54) is 24.3 Å². The van der Waals surface area contributed by atoms with Crippen molar-refractivity contribution in [1.29, 1.82) is 0 Å². The highest BCUT2D eigenvalue weighted by Crippen LogP contribution is 2.62. The number of hydrogen-bond acceptors (Lipinski definition) is 3. The molecule has 2 aliphatic rings. The van der Waals surface area contributed by atoms with E-state index in [9.17, 15) is 18.4 Å². The Morgan fingerprint density at radius 2 is 1.92 bits per heavy atom. The number of rotatable bonds is 4. The highest BCUT2D eigenvalue weighted by Gasteiger charge is 2.66. The number of nitrogens with zero attached hydrogens (tertiary/aromatic N) is 1. The van der Waals surface area contributed by atoms with Gasteiger partial charge in [0.05, 0.1) is 5.41 Å². The maximum atomic E-state index is 12.7. The minimum absolute atomic E-state index is 0.00205. The van der Waals surface area contributed by atoms with E-state index in [2.05, 4.69) is 18.6 Å². The molecule has 2 N–H and O–H groups in total. The average Bonchev–Trinajstić information content (AvgIpc) is 2.83. The van der Waals surface area contributed by atoms with Crippen molar-refractivity contribution in [3.8, 4) is 5.75 Å². The predicted octanol–water partition coefficient (Wildman–Crippen LogP) is 2.26. The zero-order valence-electron chi connectivity index (χ0n) is 13.6. The van der Waals surface area contributed by atoms with Crippen LogP contribution in [0.25, 0.3) is 0 Å². The second-order valence-corrected chi connectivity index (χ2v) is 7.33. The van der Waals surface area contributed by atoms with Crippen LogP contribution < -0.4 is 10.5 Å². The second-order valence-electron chi connectivity index (χ2n) is 7.33. The third kappa shape index (κ3) is 2.52. The highest BCUT2D eigenvalue weighted by atomic mass is 19.3. The van der Waals surface area contributed by atoms with Crippen LogP contribution in [0.1, 0.15) is 30.6 Å². The summed E-state index contributed by atoms with van der Waals surface area (Å²) in [7, 11) is 0. The Labute approximate surface area is 138 Å². The molecule has 0 bridgehead atoms. The number of hydrogen-bond donors (Lipinski definition) is 1. The average molecular weight is 338 g/mol. The summed E-state index contributed by atoms with van der Waals surface area (Å²) in [5.41, 5.74) is 5.30. The van der Waals surface area contributed by atoms with E-state index in [-0.39, 0.29) is 28.9 Å². The maximum Gasteiger partial charge on any atom is 0.387 e. The van der Waals surface area contributed by atoms with Crippen LogP contribution in [0.4, 0.5) is 8.78 Å². The lowest BCUT2D eigenvalue weighted by molar-refractivity contribution is -0.148. The minimum Gasteiger partial charge on any atom is -0.435 e. The Hall–Kier alpha value is -2.18. The second kappa shape index (κ2) is 5.43. The molecule has 130 valence electrons. The molecule has 24 heavy (non-hydrogen) atoms. The number of nitrogens with two attached hydrogens (primary N) is 1. The van der Waals surface area contributed by atoms with Crippen molar-refractivity contribution in [1.82, 2.24) is 4.90 Å². The van der Waals surface area contributed by atoms with Crippen molar-refractivity contribution in [3.63, 3.8) is 0 Å². The van der Waals surface area contributed by atoms with Crippen LogP contribution in [-0.4, -0.2) is 36.4 Å². The zero-order valence-corrected chi connectivity index (χ0v) is 13.6. The van der Waals surface area contributed by atoms with Gasteiger partial charge in [-0.3, -0.25) is 9.59 Å². The van der Waals surface area contributed by atoms with Gasteiger partial charge in [-0.25, -0.2) is 0 Å². The molecule has 1 aromatic rings. The molecule has 0 aromatic heterocycles. The fourth-order valence-electron chi connectivity index (χ4n) is 4.34. The van der Waals surface area contributed by atoms with Crippen LogP contribution in [0.15, 0.2) is 24.3 Å². The fourth-order valence-corrected chi connectivity index (χ4v) is 4.34. The molecule has 0 radical (unpaired) electrons. The van der Waals surface area contributed by atoms with Crippen molar-refractivity contribution < 1.29 is 23.1 Å². The molecule has 2 fully saturated rings. The van der Waals surface area contributed by atoms with E-state index in [1.807, 2.05) is 0 Å². The van der Waals surface area contributed by atoms with Gasteiger partial charge in [0.1, 0.15) is 5.75 Å². The van der Waals surface area contributed by atoms with E-state index in [0.29, 0.717) is 25.1 Å². The normalized spacial score (nSPS) is 27.5. The van der Waals surface area contributed by atoms with E-state index in [1.54, 1.807) is 4.90 Å². The van der Waals surface area contributed by atoms with Gasteiger partial charge in [0.2, 0.25) is 5.91 Å². The molecule has 5 nitrogen and oxygen atoms in total. The zero-order chi connectivity index (χ0) is 17.7. The number of alkyl halides is 2. The monoisotopic (exact) mass is 338 g/mol. The van der Waals surface area contributed by atoms with Gasteiger partial charge < -0.3 is 15.4 Å². The van der Waals surface area contributed by atoms with Gasteiger partial charge in [0.25, 0.3) is 5.91 Å². The molecule has 1 aliphatic carbocycles. The van der Waals surface area contributed by atoms with Crippen molar-refractivity contribution in [3.05, 3.63) is 29.8 Å². The largest absolute Gasteiger partial charge is 0.435 e. The number of fused-ring (bicyclic) bond motifs is 1. The topological polar surface area (TPSA) is 72.6 Å². The standard InChI is InChI=1S/C17H20F2N2O3/c1-16(2)8-17(14(20)23)9-21(7-12(16)17)13(22)10-3-5-11(6-4-10)24-15(18)19/h3-6,12,15H,7-9H2,1-2H3,(H2,20,23)/t12-,17+/m1/s1. The van der Waals surface area contributed by atoms with Crippen LogP contribution in [0.2, 0.25) is 0 Å². The number of benzene rings is 1. The van der Waals surface area contributed by atoms with Crippen molar-refractivity contribution in [2.24, 2.45) is 22.5 Å². The Balaban J connectivity index is 1.76. The Kier molecular flexibility index (Phi) is 3.77. The molecule has 1 heterocycles. The lowest BCUT2D eigenvalue weighted by Gasteiger charge is -2.54. The number of carbonyl (C=O) groups is 2. The molecule has 2 atom stereocenters. The lowest BCUT2D eigenvalue weighted by atomic mass is 9.48. The Morgan fingerprint density at radius 3 is 2.38 bits per heavy atom. The van der Waals surface area contributed by atoms with Crippen molar-refractivity contribution in [2.75, 3.05) is 13.1 Å². The van der Waals surface area contributed by atoms with E-state index in [0.717, 1.165) is 0 Å². The Bertz CT molecular complexity index is 675. The smallest absolute Gasteiger partial charge is 0.387 e. The highest BCUT2D eigenvalue weighted by molar-refractivity contribution is 5.96. The predicted molar refractivity (Wildman–Crippen MR) is 82.5 cm³/mol.